The van der Waals surface area contributed by atoms with Crippen LogP contribution in [0.5, 0.6) is 0 Å². The summed E-state index contributed by atoms with van der Waals surface area (Å²) in [6, 6.07) is 2.50. The average molecular weight is 221 g/mol. The maximum atomic E-state index is 5.52. The number of aromatic nitrogens is 2. The van der Waals surface area contributed by atoms with E-state index in [1.54, 1.807) is 6.33 Å². The Hall–Kier alpha value is -1.16. The van der Waals surface area contributed by atoms with E-state index in [9.17, 15) is 0 Å². The number of rotatable bonds is 3. The monoisotopic (exact) mass is 221 g/mol. The fraction of sp³-hybridized carbons (Fsp3) is 0.667. The zero-order valence-electron chi connectivity index (χ0n) is 9.94. The summed E-state index contributed by atoms with van der Waals surface area (Å²) in [5.74, 6) is 0.936. The smallest absolute Gasteiger partial charge is 0.129 e. The van der Waals surface area contributed by atoms with Crippen molar-refractivity contribution in [3.63, 3.8) is 0 Å². The molecule has 2 unspecified atom stereocenters. The molecule has 2 atom stereocenters. The number of anilines is 1. The second-order valence-corrected chi connectivity index (χ2v) is 4.30. The number of nitrogens with one attached hydrogen (secondary N) is 1. The Morgan fingerprint density at radius 2 is 2.38 bits per heavy atom. The molecule has 0 saturated carbocycles. The van der Waals surface area contributed by atoms with Gasteiger partial charge in [0.25, 0.3) is 0 Å². The van der Waals surface area contributed by atoms with Crippen LogP contribution >= 0.6 is 0 Å². The predicted molar refractivity (Wildman–Crippen MR) is 63.5 cm³/mol. The summed E-state index contributed by atoms with van der Waals surface area (Å²) in [5, 5.41) is 3.45. The van der Waals surface area contributed by atoms with E-state index in [1.165, 1.54) is 0 Å². The summed E-state index contributed by atoms with van der Waals surface area (Å²) in [7, 11) is 0. The molecule has 0 bridgehead atoms. The van der Waals surface area contributed by atoms with Gasteiger partial charge < -0.3 is 10.1 Å². The third-order valence-corrected chi connectivity index (χ3v) is 2.92. The molecule has 0 spiro atoms. The highest BCUT2D eigenvalue weighted by Crippen LogP contribution is 2.17. The van der Waals surface area contributed by atoms with Gasteiger partial charge in [-0.25, -0.2) is 9.97 Å². The maximum absolute atomic E-state index is 5.52. The Labute approximate surface area is 96.4 Å². The van der Waals surface area contributed by atoms with Gasteiger partial charge in [-0.3, -0.25) is 0 Å². The van der Waals surface area contributed by atoms with Crippen LogP contribution in [-0.4, -0.2) is 28.7 Å². The molecular weight excluding hydrogens is 202 g/mol. The van der Waals surface area contributed by atoms with Crippen LogP contribution in [0.25, 0.3) is 0 Å². The van der Waals surface area contributed by atoms with E-state index >= 15 is 0 Å². The van der Waals surface area contributed by atoms with Gasteiger partial charge in [-0.15, -0.1) is 0 Å². The van der Waals surface area contributed by atoms with Crippen molar-refractivity contribution in [2.75, 3.05) is 11.9 Å². The van der Waals surface area contributed by atoms with Crippen LogP contribution in [0.1, 0.15) is 32.4 Å². The van der Waals surface area contributed by atoms with Crippen LogP contribution in [-0.2, 0) is 11.2 Å². The molecule has 1 aliphatic heterocycles. The Morgan fingerprint density at radius 3 is 3.12 bits per heavy atom. The Kier molecular flexibility index (Phi) is 3.72. The van der Waals surface area contributed by atoms with Gasteiger partial charge >= 0.3 is 0 Å². The van der Waals surface area contributed by atoms with Crippen LogP contribution < -0.4 is 5.32 Å². The first-order chi connectivity index (χ1) is 7.78. The lowest BCUT2D eigenvalue weighted by Crippen LogP contribution is -2.32. The average Bonchev–Trinajstić information content (AvgIpc) is 2.29. The van der Waals surface area contributed by atoms with Crippen molar-refractivity contribution in [1.29, 1.82) is 0 Å². The SMILES string of the molecule is CCc1cc(NC2CCOC(C)C2)ncn1. The quantitative estimate of drug-likeness (QED) is 0.848. The molecule has 0 amide bonds. The van der Waals surface area contributed by atoms with Crippen molar-refractivity contribution in [3.8, 4) is 0 Å². The molecule has 2 heterocycles. The molecule has 1 aromatic heterocycles. The second kappa shape index (κ2) is 5.25. The van der Waals surface area contributed by atoms with Gasteiger partial charge in [-0.2, -0.15) is 0 Å². The molecule has 1 fully saturated rings. The van der Waals surface area contributed by atoms with E-state index in [4.69, 9.17) is 4.74 Å². The van der Waals surface area contributed by atoms with Crippen molar-refractivity contribution in [2.45, 2.75) is 45.3 Å². The van der Waals surface area contributed by atoms with Gasteiger partial charge in [0.05, 0.1) is 6.10 Å². The standard InChI is InChI=1S/C12H19N3O/c1-3-10-7-12(14-8-13-10)15-11-4-5-16-9(2)6-11/h7-9,11H,3-6H2,1-2H3,(H,13,14,15). The van der Waals surface area contributed by atoms with Crippen LogP contribution in [0.4, 0.5) is 5.82 Å². The lowest BCUT2D eigenvalue weighted by molar-refractivity contribution is 0.0232. The first-order valence-corrected chi connectivity index (χ1v) is 5.97. The molecule has 88 valence electrons. The number of aryl methyl sites for hydroxylation is 1. The molecular formula is C12H19N3O. The molecule has 1 aromatic rings. The first kappa shape index (κ1) is 11.3. The minimum Gasteiger partial charge on any atom is -0.378 e. The first-order valence-electron chi connectivity index (χ1n) is 5.97. The van der Waals surface area contributed by atoms with Crippen LogP contribution in [0.3, 0.4) is 0 Å². The summed E-state index contributed by atoms with van der Waals surface area (Å²) in [6.45, 7) is 5.05. The van der Waals surface area contributed by atoms with Gasteiger partial charge in [0.2, 0.25) is 0 Å². The van der Waals surface area contributed by atoms with Crippen molar-refractivity contribution in [2.24, 2.45) is 0 Å². The van der Waals surface area contributed by atoms with Gasteiger partial charge in [-0.05, 0) is 26.2 Å². The van der Waals surface area contributed by atoms with E-state index < -0.39 is 0 Å². The van der Waals surface area contributed by atoms with Gasteiger partial charge in [-0.1, -0.05) is 6.92 Å². The molecule has 4 nitrogen and oxygen atoms in total. The zero-order chi connectivity index (χ0) is 11.4. The number of nitrogens with zero attached hydrogens (tertiary/aromatic N) is 2. The van der Waals surface area contributed by atoms with Crippen molar-refractivity contribution < 1.29 is 4.74 Å². The summed E-state index contributed by atoms with van der Waals surface area (Å²) < 4.78 is 5.52. The second-order valence-electron chi connectivity index (χ2n) is 4.30. The topological polar surface area (TPSA) is 47.0 Å². The fourth-order valence-electron chi connectivity index (χ4n) is 2.01. The summed E-state index contributed by atoms with van der Waals surface area (Å²) in [5.41, 5.74) is 1.08. The summed E-state index contributed by atoms with van der Waals surface area (Å²) >= 11 is 0. The number of ether oxygens (including phenoxy) is 1. The van der Waals surface area contributed by atoms with E-state index in [0.717, 1.165) is 37.4 Å². The molecule has 1 aliphatic rings. The minimum absolute atomic E-state index is 0.346. The van der Waals surface area contributed by atoms with Crippen molar-refractivity contribution in [3.05, 3.63) is 18.1 Å². The van der Waals surface area contributed by atoms with Crippen LogP contribution in [0.15, 0.2) is 12.4 Å². The summed E-state index contributed by atoms with van der Waals surface area (Å²) in [4.78, 5) is 8.43. The Balaban J connectivity index is 1.97. The zero-order valence-corrected chi connectivity index (χ0v) is 9.94. The lowest BCUT2D eigenvalue weighted by Gasteiger charge is -2.28. The molecule has 2 rings (SSSR count). The van der Waals surface area contributed by atoms with E-state index in [1.807, 2.05) is 6.07 Å². The molecule has 16 heavy (non-hydrogen) atoms. The third kappa shape index (κ3) is 2.92. The largest absolute Gasteiger partial charge is 0.378 e. The molecule has 0 aliphatic carbocycles. The normalized spacial score (nSPS) is 25.4. The highest BCUT2D eigenvalue weighted by Gasteiger charge is 2.19. The Morgan fingerprint density at radius 1 is 1.50 bits per heavy atom. The molecule has 4 heteroatoms. The molecule has 1 saturated heterocycles. The van der Waals surface area contributed by atoms with Crippen LogP contribution in [0, 0.1) is 0 Å². The third-order valence-electron chi connectivity index (χ3n) is 2.92. The van der Waals surface area contributed by atoms with Gasteiger partial charge in [0.1, 0.15) is 12.1 Å². The maximum Gasteiger partial charge on any atom is 0.129 e. The Bertz CT molecular complexity index is 343. The highest BCUT2D eigenvalue weighted by atomic mass is 16.5. The van der Waals surface area contributed by atoms with Gasteiger partial charge in [0, 0.05) is 24.4 Å². The number of hydrogen-bond acceptors (Lipinski definition) is 4. The van der Waals surface area contributed by atoms with Gasteiger partial charge in [0.15, 0.2) is 0 Å². The molecule has 0 aromatic carbocycles. The summed E-state index contributed by atoms with van der Waals surface area (Å²) in [6.07, 6.45) is 5.02. The molecule has 0 radical (unpaired) electrons. The highest BCUT2D eigenvalue weighted by molar-refractivity contribution is 5.36. The predicted octanol–water partition coefficient (Wildman–Crippen LogP) is 2.02. The van der Waals surface area contributed by atoms with E-state index in [-0.39, 0.29) is 0 Å². The number of hydrogen-bond donors (Lipinski definition) is 1. The van der Waals surface area contributed by atoms with Crippen molar-refractivity contribution in [1.82, 2.24) is 9.97 Å². The van der Waals surface area contributed by atoms with E-state index in [0.29, 0.717) is 12.1 Å². The molecule has 1 N–H and O–H groups in total. The minimum atomic E-state index is 0.346. The van der Waals surface area contributed by atoms with Crippen molar-refractivity contribution >= 4 is 5.82 Å². The van der Waals surface area contributed by atoms with Crippen LogP contribution in [0.2, 0.25) is 0 Å². The fourth-order valence-corrected chi connectivity index (χ4v) is 2.01. The van der Waals surface area contributed by atoms with E-state index in [2.05, 4.69) is 29.1 Å². The lowest BCUT2D eigenvalue weighted by atomic mass is 10.0.